The Labute approximate surface area is 85.0 Å². The van der Waals surface area contributed by atoms with Gasteiger partial charge < -0.3 is 0 Å². The standard InChI is InChI=1S/C6H9I2O2/c7-10-6(9)4-5-2-1-3-8-5/h5H,1-4H2/q-1. The fourth-order valence-electron chi connectivity index (χ4n) is 0.976. The van der Waals surface area contributed by atoms with E-state index in [1.807, 2.05) is 0 Å². The molecule has 0 N–H and O–H groups in total. The fourth-order valence-corrected chi connectivity index (χ4v) is 4.47. The van der Waals surface area contributed by atoms with Crippen LogP contribution in [0, 0.1) is 0 Å². The normalized spacial score (nSPS) is 25.5. The third kappa shape index (κ3) is 2.89. The first kappa shape index (κ1) is 9.02. The van der Waals surface area contributed by atoms with Crippen LogP contribution in [-0.2, 0) is 7.86 Å². The Balaban J connectivity index is 2.17. The topological polar surface area (TPSA) is 26.3 Å². The van der Waals surface area contributed by atoms with Crippen LogP contribution in [0.4, 0.5) is 0 Å². The van der Waals surface area contributed by atoms with Crippen molar-refractivity contribution in [3.63, 3.8) is 0 Å². The van der Waals surface area contributed by atoms with Crippen LogP contribution in [0.15, 0.2) is 0 Å². The Bertz CT molecular complexity index is 121. The van der Waals surface area contributed by atoms with Crippen molar-refractivity contribution in [2.24, 2.45) is 0 Å². The van der Waals surface area contributed by atoms with Gasteiger partial charge in [0.25, 0.3) is 0 Å². The molecule has 0 amide bonds. The van der Waals surface area contributed by atoms with E-state index in [0.717, 1.165) is 3.92 Å². The Morgan fingerprint density at radius 1 is 1.80 bits per heavy atom. The summed E-state index contributed by atoms with van der Waals surface area (Å²) >= 11 is 1.99. The molecule has 4 heteroatoms. The van der Waals surface area contributed by atoms with Gasteiger partial charge in [-0.15, -0.1) is 0 Å². The molecule has 0 aliphatic carbocycles. The van der Waals surface area contributed by atoms with E-state index < -0.39 is 0 Å². The summed E-state index contributed by atoms with van der Waals surface area (Å²) in [7, 11) is 0. The molecule has 0 saturated carbocycles. The zero-order valence-electron chi connectivity index (χ0n) is 5.48. The summed E-state index contributed by atoms with van der Waals surface area (Å²) in [6.45, 7) is 0. The van der Waals surface area contributed by atoms with Gasteiger partial charge in [0, 0.05) is 0 Å². The van der Waals surface area contributed by atoms with Crippen molar-refractivity contribution in [2.75, 3.05) is 4.43 Å². The molecular formula is C6H9I2O2-. The Morgan fingerprint density at radius 2 is 2.60 bits per heavy atom. The maximum atomic E-state index is 10.8. The summed E-state index contributed by atoms with van der Waals surface area (Å²) < 4.78 is 6.68. The molecule has 1 aliphatic rings. The number of carbonyl (C=O) groups is 1. The molecule has 1 rings (SSSR count). The van der Waals surface area contributed by atoms with Gasteiger partial charge in [0.2, 0.25) is 0 Å². The van der Waals surface area contributed by atoms with Crippen molar-refractivity contribution in [1.29, 1.82) is 0 Å². The minimum atomic E-state index is -0.0350. The molecule has 1 aliphatic heterocycles. The second-order valence-corrected chi connectivity index (χ2v) is 6.40. The van der Waals surface area contributed by atoms with Gasteiger partial charge in [0.05, 0.1) is 0 Å². The summed E-state index contributed by atoms with van der Waals surface area (Å²) in [6.07, 6.45) is 3.28. The van der Waals surface area contributed by atoms with Gasteiger partial charge in [-0.05, 0) is 0 Å². The van der Waals surface area contributed by atoms with Crippen molar-refractivity contribution in [1.82, 2.24) is 0 Å². The van der Waals surface area contributed by atoms with Crippen LogP contribution in [0.3, 0.4) is 0 Å². The predicted octanol–water partition coefficient (Wildman–Crippen LogP) is -1.48. The van der Waals surface area contributed by atoms with Crippen molar-refractivity contribution >= 4 is 29.0 Å². The van der Waals surface area contributed by atoms with E-state index in [-0.39, 0.29) is 5.97 Å². The predicted molar refractivity (Wildman–Crippen MR) is 42.6 cm³/mol. The number of halogens is 2. The zero-order valence-corrected chi connectivity index (χ0v) is 9.79. The third-order valence-corrected chi connectivity index (χ3v) is 5.64. The number of alkyl halides is 2. The number of hydrogen-bond donors (Lipinski definition) is 0. The molecule has 1 fully saturated rings. The first-order valence-corrected chi connectivity index (χ1v) is 6.87. The average Bonchev–Trinajstić information content (AvgIpc) is 2.40. The number of hydrogen-bond acceptors (Lipinski definition) is 2. The van der Waals surface area contributed by atoms with E-state index in [0.29, 0.717) is 27.6 Å². The quantitative estimate of drug-likeness (QED) is 0.440. The van der Waals surface area contributed by atoms with E-state index in [2.05, 4.69) is 3.07 Å². The molecule has 1 saturated heterocycles. The van der Waals surface area contributed by atoms with Gasteiger partial charge in [-0.25, -0.2) is 0 Å². The van der Waals surface area contributed by atoms with Gasteiger partial charge in [-0.2, -0.15) is 0 Å². The summed E-state index contributed by atoms with van der Waals surface area (Å²) in [4.78, 5) is 10.8. The van der Waals surface area contributed by atoms with Gasteiger partial charge in [0.15, 0.2) is 0 Å². The van der Waals surface area contributed by atoms with Gasteiger partial charge >= 0.3 is 85.7 Å². The molecular weight excluding hydrogens is 358 g/mol. The molecule has 1 unspecified atom stereocenters. The summed E-state index contributed by atoms with van der Waals surface area (Å²) in [5, 5.41) is 0. The molecule has 2 nitrogen and oxygen atoms in total. The van der Waals surface area contributed by atoms with E-state index >= 15 is 0 Å². The molecule has 0 bridgehead atoms. The van der Waals surface area contributed by atoms with Crippen LogP contribution < -0.4 is 21.2 Å². The Morgan fingerprint density at radius 3 is 3.10 bits per heavy atom. The van der Waals surface area contributed by atoms with Crippen LogP contribution in [0.5, 0.6) is 0 Å². The van der Waals surface area contributed by atoms with Crippen LogP contribution in [0.25, 0.3) is 0 Å². The third-order valence-electron chi connectivity index (χ3n) is 1.45. The van der Waals surface area contributed by atoms with E-state index in [1.165, 1.54) is 17.3 Å². The van der Waals surface area contributed by atoms with Crippen molar-refractivity contribution in [2.45, 2.75) is 23.2 Å². The SMILES string of the molecule is O=C(CC1CCC[I-]1)OI. The van der Waals surface area contributed by atoms with E-state index in [4.69, 9.17) is 0 Å². The molecule has 1 heterocycles. The maximum absolute atomic E-state index is 10.8. The van der Waals surface area contributed by atoms with E-state index in [9.17, 15) is 4.79 Å². The summed E-state index contributed by atoms with van der Waals surface area (Å²) in [5.74, 6) is -0.0350. The fraction of sp³-hybridized carbons (Fsp3) is 0.833. The molecule has 60 valence electrons. The monoisotopic (exact) mass is 367 g/mol. The van der Waals surface area contributed by atoms with Crippen molar-refractivity contribution in [3.05, 3.63) is 0 Å². The van der Waals surface area contributed by atoms with Crippen LogP contribution in [-0.4, -0.2) is 14.3 Å². The molecule has 0 aromatic heterocycles. The second-order valence-electron chi connectivity index (χ2n) is 2.24. The van der Waals surface area contributed by atoms with Crippen LogP contribution >= 0.6 is 23.0 Å². The molecule has 10 heavy (non-hydrogen) atoms. The van der Waals surface area contributed by atoms with Gasteiger partial charge in [-0.3, -0.25) is 0 Å². The Kier molecular flexibility index (Phi) is 4.27. The molecule has 0 aromatic carbocycles. The molecule has 1 atom stereocenters. The molecule has 0 aromatic rings. The minimum absolute atomic E-state index is 0.0350. The molecule has 0 radical (unpaired) electrons. The van der Waals surface area contributed by atoms with Crippen LogP contribution in [0.1, 0.15) is 19.3 Å². The molecule has 0 spiro atoms. The summed E-state index contributed by atoms with van der Waals surface area (Å²) in [5.41, 5.74) is 0. The number of carbonyl (C=O) groups excluding carboxylic acids is 1. The first-order valence-electron chi connectivity index (χ1n) is 3.22. The van der Waals surface area contributed by atoms with Crippen molar-refractivity contribution < 1.29 is 29.1 Å². The van der Waals surface area contributed by atoms with Gasteiger partial charge in [-0.1, -0.05) is 0 Å². The zero-order chi connectivity index (χ0) is 7.40. The van der Waals surface area contributed by atoms with Gasteiger partial charge in [0.1, 0.15) is 0 Å². The number of rotatable bonds is 2. The average molecular weight is 367 g/mol. The van der Waals surface area contributed by atoms with E-state index in [1.54, 1.807) is 23.0 Å². The van der Waals surface area contributed by atoms with Crippen LogP contribution in [0.2, 0.25) is 0 Å². The first-order chi connectivity index (χ1) is 4.83. The van der Waals surface area contributed by atoms with Crippen molar-refractivity contribution in [3.8, 4) is 0 Å². The second kappa shape index (κ2) is 4.74. The summed E-state index contributed by atoms with van der Waals surface area (Å²) in [6, 6.07) is 0. The Hall–Kier alpha value is 0.930.